The number of anilines is 2. The number of methoxy groups -OCH3 is 2. The number of nitrogens with one attached hydrogen (secondary N) is 1. The smallest absolute Gasteiger partial charge is 0.158 e. The highest BCUT2D eigenvalue weighted by Gasteiger charge is 2.32. The second kappa shape index (κ2) is 7.56. The largest absolute Gasteiger partial charge is 0.383 e. The van der Waals surface area contributed by atoms with E-state index in [1.807, 2.05) is 13.1 Å². The van der Waals surface area contributed by atoms with E-state index in [0.717, 1.165) is 24.1 Å². The molecule has 0 amide bonds. The molecular weight excluding hydrogens is 268 g/mol. The van der Waals surface area contributed by atoms with Crippen molar-refractivity contribution in [2.24, 2.45) is 5.92 Å². The Morgan fingerprint density at radius 3 is 2.67 bits per heavy atom. The third-order valence-electron chi connectivity index (χ3n) is 3.91. The third kappa shape index (κ3) is 4.28. The van der Waals surface area contributed by atoms with Crippen LogP contribution in [0.1, 0.15) is 25.6 Å². The Kier molecular flexibility index (Phi) is 5.76. The third-order valence-corrected chi connectivity index (χ3v) is 3.91. The highest BCUT2D eigenvalue weighted by molar-refractivity contribution is 5.50. The van der Waals surface area contributed by atoms with E-state index in [4.69, 9.17) is 9.47 Å². The Hall–Kier alpha value is -1.40. The van der Waals surface area contributed by atoms with Crippen LogP contribution in [0.3, 0.4) is 0 Å². The lowest BCUT2D eigenvalue weighted by Crippen LogP contribution is -2.38. The van der Waals surface area contributed by atoms with Crippen molar-refractivity contribution in [3.8, 4) is 0 Å². The van der Waals surface area contributed by atoms with Gasteiger partial charge in [-0.25, -0.2) is 9.97 Å². The van der Waals surface area contributed by atoms with Crippen LogP contribution in [0.15, 0.2) is 6.07 Å². The lowest BCUT2D eigenvalue weighted by Gasteiger charge is -2.30. The standard InChI is InChI=1S/C15H26N4O2/c1-11(12-5-6-12)19(7-8-20-3)15-9-13(16-2)17-14(18-15)10-21-4/h9,11-12H,5-8,10H2,1-4H3,(H,16,17,18). The minimum atomic E-state index is 0.415. The lowest BCUT2D eigenvalue weighted by atomic mass is 10.2. The Labute approximate surface area is 126 Å². The fourth-order valence-electron chi connectivity index (χ4n) is 2.50. The van der Waals surface area contributed by atoms with E-state index >= 15 is 0 Å². The molecule has 1 saturated carbocycles. The van der Waals surface area contributed by atoms with E-state index in [9.17, 15) is 0 Å². The first kappa shape index (κ1) is 16.0. The van der Waals surface area contributed by atoms with E-state index < -0.39 is 0 Å². The highest BCUT2D eigenvalue weighted by Crippen LogP contribution is 2.36. The summed E-state index contributed by atoms with van der Waals surface area (Å²) < 4.78 is 10.4. The maximum Gasteiger partial charge on any atom is 0.158 e. The summed E-state index contributed by atoms with van der Waals surface area (Å²) in [5, 5.41) is 3.10. The number of nitrogens with zero attached hydrogens (tertiary/aromatic N) is 3. The molecule has 0 saturated heterocycles. The molecule has 1 aliphatic carbocycles. The van der Waals surface area contributed by atoms with E-state index in [1.54, 1.807) is 14.2 Å². The van der Waals surface area contributed by atoms with Crippen LogP contribution >= 0.6 is 0 Å². The molecule has 1 heterocycles. The summed E-state index contributed by atoms with van der Waals surface area (Å²) in [6, 6.07) is 2.46. The molecule has 6 nitrogen and oxygen atoms in total. The van der Waals surface area contributed by atoms with E-state index in [1.165, 1.54) is 12.8 Å². The minimum absolute atomic E-state index is 0.415. The van der Waals surface area contributed by atoms with Gasteiger partial charge in [0.05, 0.1) is 6.61 Å². The van der Waals surface area contributed by atoms with Gasteiger partial charge in [0.15, 0.2) is 5.82 Å². The second-order valence-electron chi connectivity index (χ2n) is 5.47. The average Bonchev–Trinajstić information content (AvgIpc) is 3.32. The molecule has 6 heteroatoms. The predicted molar refractivity (Wildman–Crippen MR) is 83.7 cm³/mol. The van der Waals surface area contributed by atoms with Crippen molar-refractivity contribution in [2.45, 2.75) is 32.4 Å². The van der Waals surface area contributed by atoms with Gasteiger partial charge in [-0.15, -0.1) is 0 Å². The summed E-state index contributed by atoms with van der Waals surface area (Å²) in [4.78, 5) is 11.4. The maximum atomic E-state index is 5.25. The van der Waals surface area contributed by atoms with Crippen LogP contribution in [0.4, 0.5) is 11.6 Å². The van der Waals surface area contributed by atoms with Gasteiger partial charge in [-0.2, -0.15) is 0 Å². The number of hydrogen-bond acceptors (Lipinski definition) is 6. The topological polar surface area (TPSA) is 59.5 Å². The van der Waals surface area contributed by atoms with Gasteiger partial charge in [-0.1, -0.05) is 0 Å². The molecule has 118 valence electrons. The van der Waals surface area contributed by atoms with Gasteiger partial charge in [0.1, 0.15) is 18.2 Å². The summed E-state index contributed by atoms with van der Waals surface area (Å²) in [7, 11) is 5.26. The van der Waals surface area contributed by atoms with E-state index in [0.29, 0.717) is 25.1 Å². The number of aromatic nitrogens is 2. The molecular formula is C15H26N4O2. The summed E-state index contributed by atoms with van der Waals surface area (Å²) in [6.45, 7) is 4.21. The normalized spacial score (nSPS) is 15.8. The zero-order valence-electron chi connectivity index (χ0n) is 13.4. The van der Waals surface area contributed by atoms with Crippen LogP contribution in [0.5, 0.6) is 0 Å². The summed E-state index contributed by atoms with van der Waals surface area (Å²) >= 11 is 0. The van der Waals surface area contributed by atoms with Crippen molar-refractivity contribution in [1.82, 2.24) is 9.97 Å². The lowest BCUT2D eigenvalue weighted by molar-refractivity contribution is 0.177. The number of rotatable bonds is 9. The molecule has 0 bridgehead atoms. The average molecular weight is 294 g/mol. The number of ether oxygens (including phenoxy) is 2. The summed E-state index contributed by atoms with van der Waals surface area (Å²) in [5.74, 6) is 3.22. The number of hydrogen-bond donors (Lipinski definition) is 1. The van der Waals surface area contributed by atoms with Crippen molar-refractivity contribution in [3.05, 3.63) is 11.9 Å². The van der Waals surface area contributed by atoms with Crippen LogP contribution in [0, 0.1) is 5.92 Å². The van der Waals surface area contributed by atoms with Crippen molar-refractivity contribution in [2.75, 3.05) is 44.6 Å². The first-order valence-electron chi connectivity index (χ1n) is 7.49. The molecule has 21 heavy (non-hydrogen) atoms. The van der Waals surface area contributed by atoms with Crippen LogP contribution < -0.4 is 10.2 Å². The quantitative estimate of drug-likeness (QED) is 0.751. The van der Waals surface area contributed by atoms with E-state index in [2.05, 4.69) is 27.1 Å². The van der Waals surface area contributed by atoms with Crippen molar-refractivity contribution in [3.63, 3.8) is 0 Å². The van der Waals surface area contributed by atoms with Crippen molar-refractivity contribution >= 4 is 11.6 Å². The summed E-state index contributed by atoms with van der Waals surface area (Å²) in [6.07, 6.45) is 2.61. The van der Waals surface area contributed by atoms with Gasteiger partial charge in [-0.05, 0) is 25.7 Å². The van der Waals surface area contributed by atoms with Crippen LogP contribution in [0.2, 0.25) is 0 Å². The molecule has 1 aromatic rings. The molecule has 1 aromatic heterocycles. The van der Waals surface area contributed by atoms with Gasteiger partial charge in [0, 0.05) is 39.9 Å². The monoisotopic (exact) mass is 294 g/mol. The molecule has 1 unspecified atom stereocenters. The van der Waals surface area contributed by atoms with Crippen LogP contribution in [-0.4, -0.2) is 50.4 Å². The molecule has 1 atom stereocenters. The second-order valence-corrected chi connectivity index (χ2v) is 5.47. The zero-order valence-corrected chi connectivity index (χ0v) is 13.4. The van der Waals surface area contributed by atoms with Crippen molar-refractivity contribution in [1.29, 1.82) is 0 Å². The Balaban J connectivity index is 2.25. The predicted octanol–water partition coefficient (Wildman–Crippen LogP) is 1.92. The molecule has 1 N–H and O–H groups in total. The SMILES string of the molecule is CNc1cc(N(CCOC)C(C)C2CC2)nc(COC)n1. The van der Waals surface area contributed by atoms with Crippen LogP contribution in [-0.2, 0) is 16.1 Å². The highest BCUT2D eigenvalue weighted by atomic mass is 16.5. The van der Waals surface area contributed by atoms with Crippen molar-refractivity contribution < 1.29 is 9.47 Å². The maximum absolute atomic E-state index is 5.25. The Morgan fingerprint density at radius 1 is 1.33 bits per heavy atom. The van der Waals surface area contributed by atoms with Gasteiger partial charge in [0.25, 0.3) is 0 Å². The Morgan fingerprint density at radius 2 is 2.10 bits per heavy atom. The van der Waals surface area contributed by atoms with Gasteiger partial charge in [0.2, 0.25) is 0 Å². The molecule has 0 radical (unpaired) electrons. The first-order valence-corrected chi connectivity index (χ1v) is 7.49. The van der Waals surface area contributed by atoms with Crippen LogP contribution in [0.25, 0.3) is 0 Å². The molecule has 1 aliphatic rings. The molecule has 0 spiro atoms. The fraction of sp³-hybridized carbons (Fsp3) is 0.733. The van der Waals surface area contributed by atoms with Gasteiger partial charge >= 0.3 is 0 Å². The summed E-state index contributed by atoms with van der Waals surface area (Å²) in [5.41, 5.74) is 0. The van der Waals surface area contributed by atoms with Gasteiger partial charge < -0.3 is 19.7 Å². The Bertz CT molecular complexity index is 451. The zero-order chi connectivity index (χ0) is 15.2. The van der Waals surface area contributed by atoms with E-state index in [-0.39, 0.29) is 0 Å². The van der Waals surface area contributed by atoms with Gasteiger partial charge in [-0.3, -0.25) is 0 Å². The molecule has 2 rings (SSSR count). The molecule has 0 aliphatic heterocycles. The minimum Gasteiger partial charge on any atom is -0.383 e. The molecule has 0 aromatic carbocycles. The first-order chi connectivity index (χ1) is 10.2. The fourth-order valence-corrected chi connectivity index (χ4v) is 2.50. The molecule has 1 fully saturated rings.